The number of hydrogen-bond acceptors (Lipinski definition) is 0. The lowest BCUT2D eigenvalue weighted by molar-refractivity contribution is 0.661. The Morgan fingerprint density at radius 3 is 1.58 bits per heavy atom. The van der Waals surface area contributed by atoms with Gasteiger partial charge in [-0.2, -0.15) is 0 Å². The molecule has 0 spiro atoms. The molecule has 2 aromatic heterocycles. The lowest BCUT2D eigenvalue weighted by Gasteiger charge is -2.22. The fourth-order valence-corrected chi connectivity index (χ4v) is 9.17. The highest BCUT2D eigenvalue weighted by Crippen LogP contribution is 2.54. The van der Waals surface area contributed by atoms with Gasteiger partial charge in [-0.1, -0.05) is 135 Å². The normalized spacial score (nSPS) is 13.2. The molecule has 1 aliphatic rings. The first-order valence-corrected chi connectivity index (χ1v) is 18.5. The van der Waals surface area contributed by atoms with Crippen LogP contribution in [0.2, 0.25) is 0 Å². The summed E-state index contributed by atoms with van der Waals surface area (Å²) in [5.74, 6) is 0. The zero-order valence-electron chi connectivity index (χ0n) is 29.7. The number of rotatable bonds is 4. The Bertz CT molecular complexity index is 3050. The SMILES string of the molecule is CC1(C)c2cc(-c3ccccc3)ccc2-c2c1ccc1c3cc(-c4ccc5c(c4)c4ccccc4n5-c4ccccc4)ccc3n(-c3ccccc3)c21. The lowest BCUT2D eigenvalue weighted by Crippen LogP contribution is -2.15. The number of benzene rings is 8. The van der Waals surface area contributed by atoms with Gasteiger partial charge in [-0.15, -0.1) is 0 Å². The van der Waals surface area contributed by atoms with Crippen molar-refractivity contribution in [2.24, 2.45) is 0 Å². The van der Waals surface area contributed by atoms with E-state index >= 15 is 0 Å². The minimum Gasteiger partial charge on any atom is -0.309 e. The second-order valence-electron chi connectivity index (χ2n) is 15.0. The molecule has 0 unspecified atom stereocenters. The van der Waals surface area contributed by atoms with Crippen LogP contribution >= 0.6 is 0 Å². The van der Waals surface area contributed by atoms with E-state index in [1.165, 1.54) is 99.5 Å². The number of hydrogen-bond donors (Lipinski definition) is 0. The van der Waals surface area contributed by atoms with E-state index < -0.39 is 0 Å². The van der Waals surface area contributed by atoms with Crippen molar-refractivity contribution in [1.82, 2.24) is 9.13 Å². The first-order chi connectivity index (χ1) is 26.1. The van der Waals surface area contributed by atoms with Crippen LogP contribution in [-0.4, -0.2) is 9.13 Å². The Balaban J connectivity index is 1.15. The summed E-state index contributed by atoms with van der Waals surface area (Å²) in [7, 11) is 0. The van der Waals surface area contributed by atoms with E-state index in [-0.39, 0.29) is 5.41 Å². The Morgan fingerprint density at radius 2 is 0.887 bits per heavy atom. The van der Waals surface area contributed by atoms with Crippen molar-refractivity contribution >= 4 is 43.6 Å². The predicted octanol–water partition coefficient (Wildman–Crippen LogP) is 13.5. The van der Waals surface area contributed by atoms with Gasteiger partial charge in [0, 0.05) is 43.9 Å². The van der Waals surface area contributed by atoms with Gasteiger partial charge in [0.15, 0.2) is 0 Å². The Kier molecular flexibility index (Phi) is 6.33. The van der Waals surface area contributed by atoms with Crippen molar-refractivity contribution in [1.29, 1.82) is 0 Å². The van der Waals surface area contributed by atoms with Crippen LogP contribution in [0.4, 0.5) is 0 Å². The minimum absolute atomic E-state index is 0.138. The molecule has 0 saturated heterocycles. The van der Waals surface area contributed by atoms with Crippen LogP contribution < -0.4 is 0 Å². The molecule has 2 nitrogen and oxygen atoms in total. The Labute approximate surface area is 308 Å². The standard InChI is InChI=1S/C51H36N2/c1-51(2)44-27-26-40-43-31-35(34-23-28-47-42(30-34)39-20-12-13-21-46(39)52(47)37-16-8-4-9-17-37)24-29-48(43)53(38-18-10-5-11-19-38)50(40)49(44)41-25-22-36(32-45(41)51)33-14-6-3-7-15-33/h3-32H,1-2H3. The molecular formula is C51H36N2. The molecule has 0 saturated carbocycles. The van der Waals surface area contributed by atoms with E-state index in [4.69, 9.17) is 0 Å². The van der Waals surface area contributed by atoms with Gasteiger partial charge < -0.3 is 9.13 Å². The van der Waals surface area contributed by atoms with Crippen LogP contribution in [0, 0.1) is 0 Å². The number of para-hydroxylation sites is 3. The highest BCUT2D eigenvalue weighted by molar-refractivity contribution is 6.17. The van der Waals surface area contributed by atoms with E-state index in [1.807, 2.05) is 0 Å². The molecule has 2 heterocycles. The molecule has 53 heavy (non-hydrogen) atoms. The van der Waals surface area contributed by atoms with Crippen LogP contribution in [0.15, 0.2) is 182 Å². The average Bonchev–Trinajstić information content (AvgIpc) is 3.81. The van der Waals surface area contributed by atoms with Crippen molar-refractivity contribution < 1.29 is 0 Å². The van der Waals surface area contributed by atoms with Gasteiger partial charge in [0.1, 0.15) is 0 Å². The Morgan fingerprint density at radius 1 is 0.358 bits per heavy atom. The van der Waals surface area contributed by atoms with E-state index in [9.17, 15) is 0 Å². The molecule has 0 amide bonds. The van der Waals surface area contributed by atoms with Gasteiger partial charge in [0.2, 0.25) is 0 Å². The van der Waals surface area contributed by atoms with E-state index in [1.54, 1.807) is 0 Å². The van der Waals surface area contributed by atoms with Crippen LogP contribution in [0.5, 0.6) is 0 Å². The van der Waals surface area contributed by atoms with E-state index in [0.29, 0.717) is 0 Å². The molecule has 10 aromatic rings. The molecule has 1 aliphatic carbocycles. The van der Waals surface area contributed by atoms with Gasteiger partial charge in [-0.25, -0.2) is 0 Å². The van der Waals surface area contributed by atoms with Crippen molar-refractivity contribution in [3.63, 3.8) is 0 Å². The summed E-state index contributed by atoms with van der Waals surface area (Å²) in [4.78, 5) is 0. The molecule has 250 valence electrons. The molecule has 11 rings (SSSR count). The smallest absolute Gasteiger partial charge is 0.0622 e. The first-order valence-electron chi connectivity index (χ1n) is 18.5. The van der Waals surface area contributed by atoms with Gasteiger partial charge >= 0.3 is 0 Å². The highest BCUT2D eigenvalue weighted by atomic mass is 15.0. The van der Waals surface area contributed by atoms with Gasteiger partial charge in [0.25, 0.3) is 0 Å². The third kappa shape index (κ3) is 4.33. The fourth-order valence-electron chi connectivity index (χ4n) is 9.17. The van der Waals surface area contributed by atoms with Crippen LogP contribution in [-0.2, 0) is 5.41 Å². The summed E-state index contributed by atoms with van der Waals surface area (Å²) in [5.41, 5.74) is 17.5. The van der Waals surface area contributed by atoms with Crippen LogP contribution in [0.3, 0.4) is 0 Å². The second-order valence-corrected chi connectivity index (χ2v) is 15.0. The summed E-state index contributed by atoms with van der Waals surface area (Å²) in [6, 6.07) is 67.0. The summed E-state index contributed by atoms with van der Waals surface area (Å²) in [6.45, 7) is 4.77. The van der Waals surface area contributed by atoms with Gasteiger partial charge in [-0.05, 0) is 99.6 Å². The molecule has 2 heteroatoms. The third-order valence-corrected chi connectivity index (χ3v) is 11.7. The van der Waals surface area contributed by atoms with Gasteiger partial charge in [-0.3, -0.25) is 0 Å². The van der Waals surface area contributed by atoms with Crippen LogP contribution in [0.25, 0.3) is 88.4 Å². The average molecular weight is 677 g/mol. The van der Waals surface area contributed by atoms with Gasteiger partial charge in [0.05, 0.1) is 22.1 Å². The second kappa shape index (κ2) is 11.2. The monoisotopic (exact) mass is 676 g/mol. The molecule has 0 radical (unpaired) electrons. The van der Waals surface area contributed by atoms with E-state index in [2.05, 4.69) is 205 Å². The maximum absolute atomic E-state index is 2.50. The topological polar surface area (TPSA) is 9.86 Å². The molecule has 0 bridgehead atoms. The highest BCUT2D eigenvalue weighted by Gasteiger charge is 2.38. The minimum atomic E-state index is -0.138. The Hall–Kier alpha value is -6.64. The number of fused-ring (bicyclic) bond motifs is 10. The molecule has 0 aliphatic heterocycles. The van der Waals surface area contributed by atoms with Crippen molar-refractivity contribution in [2.75, 3.05) is 0 Å². The zero-order chi connectivity index (χ0) is 35.3. The number of aromatic nitrogens is 2. The molecule has 0 atom stereocenters. The summed E-state index contributed by atoms with van der Waals surface area (Å²) >= 11 is 0. The summed E-state index contributed by atoms with van der Waals surface area (Å²) in [5, 5.41) is 5.08. The van der Waals surface area contributed by atoms with Crippen LogP contribution in [0.1, 0.15) is 25.0 Å². The first kappa shape index (κ1) is 30.0. The van der Waals surface area contributed by atoms with Crippen molar-refractivity contribution in [2.45, 2.75) is 19.3 Å². The number of nitrogens with zero attached hydrogens (tertiary/aromatic N) is 2. The largest absolute Gasteiger partial charge is 0.309 e. The molecular weight excluding hydrogens is 641 g/mol. The summed E-state index contributed by atoms with van der Waals surface area (Å²) < 4.78 is 4.88. The maximum Gasteiger partial charge on any atom is 0.0622 e. The molecule has 0 N–H and O–H groups in total. The molecule has 8 aromatic carbocycles. The maximum atomic E-state index is 2.50. The quantitative estimate of drug-likeness (QED) is 0.176. The zero-order valence-corrected chi connectivity index (χ0v) is 29.7. The van der Waals surface area contributed by atoms with Crippen molar-refractivity contribution in [3.8, 4) is 44.8 Å². The fraction of sp³-hybridized carbons (Fsp3) is 0.0588. The van der Waals surface area contributed by atoms with Crippen molar-refractivity contribution in [3.05, 3.63) is 193 Å². The van der Waals surface area contributed by atoms with E-state index in [0.717, 1.165) is 0 Å². The predicted molar refractivity (Wildman–Crippen MR) is 224 cm³/mol. The summed E-state index contributed by atoms with van der Waals surface area (Å²) in [6.07, 6.45) is 0. The lowest BCUT2D eigenvalue weighted by atomic mass is 9.81. The third-order valence-electron chi connectivity index (χ3n) is 11.7. The molecule has 0 fully saturated rings.